The summed E-state index contributed by atoms with van der Waals surface area (Å²) in [6, 6.07) is 18.5. The number of halogens is 2. The van der Waals surface area contributed by atoms with Gasteiger partial charge in [-0.15, -0.1) is 0 Å². The third kappa shape index (κ3) is 6.10. The monoisotopic (exact) mass is 531 g/mol. The topological polar surface area (TPSA) is 69.7 Å². The lowest BCUT2D eigenvalue weighted by Gasteiger charge is -2.29. The van der Waals surface area contributed by atoms with Crippen molar-refractivity contribution in [3.8, 4) is 0 Å². The van der Waals surface area contributed by atoms with Crippen molar-refractivity contribution in [2.75, 3.05) is 34.2 Å². The second-order valence-corrected chi connectivity index (χ2v) is 11.3. The Kier molecular flexibility index (Phi) is 7.89. The number of benzene rings is 3. The molecular formula is C26H27Cl2N3O3S. The number of piperidine rings is 1. The molecule has 6 nitrogen and oxygen atoms in total. The van der Waals surface area contributed by atoms with Crippen LogP contribution in [0.1, 0.15) is 24.8 Å². The van der Waals surface area contributed by atoms with Crippen molar-refractivity contribution in [1.29, 1.82) is 0 Å². The number of amides is 1. The van der Waals surface area contributed by atoms with Crippen LogP contribution < -0.4 is 14.5 Å². The van der Waals surface area contributed by atoms with Crippen LogP contribution in [-0.4, -0.2) is 34.0 Å². The molecule has 35 heavy (non-hydrogen) atoms. The minimum atomic E-state index is -4.10. The van der Waals surface area contributed by atoms with Gasteiger partial charge in [-0.3, -0.25) is 9.10 Å². The number of anilines is 3. The van der Waals surface area contributed by atoms with Gasteiger partial charge in [0.15, 0.2) is 0 Å². The van der Waals surface area contributed by atoms with Crippen LogP contribution in [0.3, 0.4) is 0 Å². The summed E-state index contributed by atoms with van der Waals surface area (Å²) in [5, 5.41) is 3.28. The molecule has 3 aromatic carbocycles. The normalized spacial score (nSPS) is 14.0. The van der Waals surface area contributed by atoms with Crippen molar-refractivity contribution in [2.24, 2.45) is 0 Å². The molecule has 3 aromatic rings. The summed E-state index contributed by atoms with van der Waals surface area (Å²) < 4.78 is 28.1. The molecule has 9 heteroatoms. The van der Waals surface area contributed by atoms with Gasteiger partial charge in [0.25, 0.3) is 10.0 Å². The van der Waals surface area contributed by atoms with Gasteiger partial charge < -0.3 is 10.2 Å². The van der Waals surface area contributed by atoms with E-state index in [1.807, 2.05) is 31.2 Å². The highest BCUT2D eigenvalue weighted by molar-refractivity contribution is 7.92. The number of carbonyl (C=O) groups excluding carboxylic acids is 1. The van der Waals surface area contributed by atoms with Gasteiger partial charge in [0.05, 0.1) is 15.6 Å². The Morgan fingerprint density at radius 2 is 1.60 bits per heavy atom. The van der Waals surface area contributed by atoms with E-state index in [9.17, 15) is 13.2 Å². The molecule has 0 radical (unpaired) electrons. The van der Waals surface area contributed by atoms with Crippen molar-refractivity contribution in [1.82, 2.24) is 0 Å². The molecule has 1 amide bonds. The van der Waals surface area contributed by atoms with Gasteiger partial charge in [0.1, 0.15) is 6.54 Å². The zero-order valence-corrected chi connectivity index (χ0v) is 21.7. The van der Waals surface area contributed by atoms with Crippen molar-refractivity contribution >= 4 is 56.2 Å². The van der Waals surface area contributed by atoms with Crippen LogP contribution in [-0.2, 0) is 14.8 Å². The van der Waals surface area contributed by atoms with E-state index < -0.39 is 22.5 Å². The molecular weight excluding hydrogens is 505 g/mol. The van der Waals surface area contributed by atoms with Crippen LogP contribution in [0.4, 0.5) is 17.1 Å². The number of nitrogens with one attached hydrogen (secondary N) is 1. The van der Waals surface area contributed by atoms with Crippen LogP contribution in [0.2, 0.25) is 10.0 Å². The molecule has 0 atom stereocenters. The summed E-state index contributed by atoms with van der Waals surface area (Å²) in [7, 11) is -4.10. The Bertz CT molecular complexity index is 1290. The highest BCUT2D eigenvalue weighted by Crippen LogP contribution is 2.33. The van der Waals surface area contributed by atoms with E-state index in [1.165, 1.54) is 43.5 Å². The molecule has 0 aromatic heterocycles. The molecule has 0 bridgehead atoms. The number of carbonyl (C=O) groups is 1. The molecule has 1 heterocycles. The van der Waals surface area contributed by atoms with Crippen LogP contribution in [0.5, 0.6) is 0 Å². The number of hydrogen-bond acceptors (Lipinski definition) is 4. The van der Waals surface area contributed by atoms with Crippen molar-refractivity contribution in [3.05, 3.63) is 82.3 Å². The highest BCUT2D eigenvalue weighted by atomic mass is 35.5. The van der Waals surface area contributed by atoms with Crippen molar-refractivity contribution in [3.63, 3.8) is 0 Å². The lowest BCUT2D eigenvalue weighted by molar-refractivity contribution is -0.114. The van der Waals surface area contributed by atoms with Gasteiger partial charge in [-0.2, -0.15) is 0 Å². The van der Waals surface area contributed by atoms with Crippen LogP contribution in [0, 0.1) is 6.92 Å². The molecule has 0 spiro atoms. The van der Waals surface area contributed by atoms with E-state index in [-0.39, 0.29) is 15.6 Å². The molecule has 0 saturated carbocycles. The molecule has 1 fully saturated rings. The summed E-state index contributed by atoms with van der Waals surface area (Å²) in [6.45, 7) is 3.45. The second kappa shape index (κ2) is 10.9. The SMILES string of the molecule is Cc1ccc(S(=O)(=O)N(CC(=O)Nc2ccc(N3CCCCC3)cc2)c2cc(Cl)ccc2Cl)cc1. The van der Waals surface area contributed by atoms with Gasteiger partial charge in [-0.25, -0.2) is 8.42 Å². The lowest BCUT2D eigenvalue weighted by Crippen LogP contribution is -2.38. The summed E-state index contributed by atoms with van der Waals surface area (Å²) in [5.74, 6) is -0.498. The van der Waals surface area contributed by atoms with Gasteiger partial charge in [-0.05, 0) is 80.8 Å². The van der Waals surface area contributed by atoms with E-state index in [4.69, 9.17) is 23.2 Å². The van der Waals surface area contributed by atoms with Gasteiger partial charge in [0.2, 0.25) is 5.91 Å². The maximum absolute atomic E-state index is 13.6. The van der Waals surface area contributed by atoms with Crippen LogP contribution in [0.15, 0.2) is 71.6 Å². The minimum absolute atomic E-state index is 0.0535. The Balaban J connectivity index is 1.57. The third-order valence-corrected chi connectivity index (χ3v) is 8.27. The number of nitrogens with zero attached hydrogens (tertiary/aromatic N) is 2. The predicted octanol–water partition coefficient (Wildman–Crippen LogP) is 6.13. The van der Waals surface area contributed by atoms with E-state index in [1.54, 1.807) is 18.2 Å². The largest absolute Gasteiger partial charge is 0.372 e. The van der Waals surface area contributed by atoms with Crippen LogP contribution >= 0.6 is 23.2 Å². The smallest absolute Gasteiger partial charge is 0.264 e. The maximum atomic E-state index is 13.6. The Morgan fingerprint density at radius 1 is 0.943 bits per heavy atom. The minimum Gasteiger partial charge on any atom is -0.372 e. The fourth-order valence-electron chi connectivity index (χ4n) is 4.05. The zero-order chi connectivity index (χ0) is 25.0. The summed E-state index contributed by atoms with van der Waals surface area (Å²) >= 11 is 12.5. The molecule has 1 aliphatic heterocycles. The molecule has 184 valence electrons. The summed E-state index contributed by atoms with van der Waals surface area (Å²) in [4.78, 5) is 15.4. The summed E-state index contributed by atoms with van der Waals surface area (Å²) in [6.07, 6.45) is 3.61. The molecule has 0 aliphatic carbocycles. The van der Waals surface area contributed by atoms with Gasteiger partial charge in [-0.1, -0.05) is 40.9 Å². The standard InChI is InChI=1S/C26H27Cl2N3O3S/c1-19-5-12-23(13-6-19)35(33,34)31(25-17-20(27)7-14-24(25)28)18-26(32)29-21-8-10-22(11-9-21)30-15-3-2-4-16-30/h5-14,17H,2-4,15-16,18H2,1H3,(H,29,32). The third-order valence-electron chi connectivity index (χ3n) is 5.95. The Labute approximate surface area is 216 Å². The molecule has 1 N–H and O–H groups in total. The molecule has 0 unspecified atom stereocenters. The first-order valence-electron chi connectivity index (χ1n) is 11.4. The molecule has 1 saturated heterocycles. The zero-order valence-electron chi connectivity index (χ0n) is 19.4. The average molecular weight is 532 g/mol. The van der Waals surface area contributed by atoms with Gasteiger partial charge in [0, 0.05) is 29.5 Å². The number of aryl methyl sites for hydroxylation is 1. The Morgan fingerprint density at radius 3 is 2.26 bits per heavy atom. The van der Waals surface area contributed by atoms with Crippen molar-refractivity contribution < 1.29 is 13.2 Å². The molecule has 1 aliphatic rings. The molecule has 4 rings (SSSR count). The number of rotatable bonds is 7. The van der Waals surface area contributed by atoms with E-state index in [2.05, 4.69) is 10.2 Å². The lowest BCUT2D eigenvalue weighted by atomic mass is 10.1. The van der Waals surface area contributed by atoms with Gasteiger partial charge >= 0.3 is 0 Å². The second-order valence-electron chi connectivity index (χ2n) is 8.56. The highest BCUT2D eigenvalue weighted by Gasteiger charge is 2.29. The first-order chi connectivity index (χ1) is 16.7. The first-order valence-corrected chi connectivity index (χ1v) is 13.6. The number of sulfonamides is 1. The van der Waals surface area contributed by atoms with E-state index in [0.717, 1.165) is 28.6 Å². The summed E-state index contributed by atoms with van der Waals surface area (Å²) in [5.41, 5.74) is 2.75. The number of hydrogen-bond donors (Lipinski definition) is 1. The van der Waals surface area contributed by atoms with Crippen molar-refractivity contribution in [2.45, 2.75) is 31.1 Å². The average Bonchev–Trinajstić information content (AvgIpc) is 2.85. The fraction of sp³-hybridized carbons (Fsp3) is 0.269. The quantitative estimate of drug-likeness (QED) is 0.398. The van der Waals surface area contributed by atoms with E-state index >= 15 is 0 Å². The first kappa shape index (κ1) is 25.4. The predicted molar refractivity (Wildman–Crippen MR) is 143 cm³/mol. The fourth-order valence-corrected chi connectivity index (χ4v) is 5.92. The van der Waals surface area contributed by atoms with E-state index in [0.29, 0.717) is 10.7 Å². The van der Waals surface area contributed by atoms with Crippen LogP contribution in [0.25, 0.3) is 0 Å². The Hall–Kier alpha value is -2.74. The maximum Gasteiger partial charge on any atom is 0.264 e.